The third-order valence-corrected chi connectivity index (χ3v) is 1.37. The van der Waals surface area contributed by atoms with Gasteiger partial charge in [-0.15, -0.1) is 0 Å². The normalized spacial score (nSPS) is 11.9. The molecule has 0 saturated carbocycles. The molecule has 0 aromatic heterocycles. The monoisotopic (exact) mass is 190 g/mol. The molecule has 2 amide bonds. The summed E-state index contributed by atoms with van der Waals surface area (Å²) in [5, 5.41) is 28.3. The Morgan fingerprint density at radius 1 is 1.38 bits per heavy atom. The van der Waals surface area contributed by atoms with E-state index in [9.17, 15) is 4.79 Å². The zero-order chi connectivity index (χ0) is 10.3. The summed E-state index contributed by atoms with van der Waals surface area (Å²) < 4.78 is 0. The van der Waals surface area contributed by atoms with Gasteiger partial charge in [-0.2, -0.15) is 0 Å². The molecule has 0 bridgehead atoms. The van der Waals surface area contributed by atoms with Crippen molar-refractivity contribution in [3.8, 4) is 0 Å². The zero-order valence-electron chi connectivity index (χ0n) is 7.10. The van der Waals surface area contributed by atoms with Gasteiger partial charge in [-0.1, -0.05) is 6.08 Å². The van der Waals surface area contributed by atoms with Crippen molar-refractivity contribution in [2.45, 2.75) is 6.04 Å². The molecule has 0 rings (SSSR count). The van der Waals surface area contributed by atoms with Crippen LogP contribution in [0.15, 0.2) is 11.6 Å². The van der Waals surface area contributed by atoms with Gasteiger partial charge in [0.1, 0.15) is 0 Å². The highest BCUT2D eigenvalue weighted by molar-refractivity contribution is 5.72. The van der Waals surface area contributed by atoms with Gasteiger partial charge in [0.2, 0.25) is 0 Å². The lowest BCUT2D eigenvalue weighted by Crippen LogP contribution is -2.40. The van der Waals surface area contributed by atoms with Crippen molar-refractivity contribution in [1.29, 1.82) is 0 Å². The fraction of sp³-hybridized carbons (Fsp3) is 0.571. The molecule has 1 atom stereocenters. The molecule has 0 aromatic carbocycles. The number of primary amides is 1. The van der Waals surface area contributed by atoms with Crippen LogP contribution in [-0.4, -0.2) is 47.2 Å². The Labute approximate surface area is 75.7 Å². The molecule has 0 fully saturated rings. The van der Waals surface area contributed by atoms with E-state index in [1.807, 2.05) is 0 Å². The van der Waals surface area contributed by atoms with Crippen molar-refractivity contribution < 1.29 is 20.1 Å². The van der Waals surface area contributed by atoms with Crippen molar-refractivity contribution in [1.82, 2.24) is 5.32 Å². The molecule has 0 saturated heterocycles. The van der Waals surface area contributed by atoms with Crippen LogP contribution in [0.2, 0.25) is 0 Å². The van der Waals surface area contributed by atoms with Gasteiger partial charge in [0.25, 0.3) is 0 Å². The van der Waals surface area contributed by atoms with Crippen LogP contribution in [0.3, 0.4) is 0 Å². The molecule has 76 valence electrons. The van der Waals surface area contributed by atoms with Crippen LogP contribution in [0, 0.1) is 0 Å². The Hall–Kier alpha value is -1.11. The second-order valence-corrected chi connectivity index (χ2v) is 2.44. The van der Waals surface area contributed by atoms with Gasteiger partial charge in [0.15, 0.2) is 0 Å². The fourth-order valence-electron chi connectivity index (χ4n) is 0.763. The summed E-state index contributed by atoms with van der Waals surface area (Å²) in [7, 11) is 0. The lowest BCUT2D eigenvalue weighted by Gasteiger charge is -2.11. The summed E-state index contributed by atoms with van der Waals surface area (Å²) in [6.45, 7) is -0.993. The first kappa shape index (κ1) is 11.9. The predicted molar refractivity (Wildman–Crippen MR) is 45.8 cm³/mol. The van der Waals surface area contributed by atoms with E-state index in [0.717, 1.165) is 0 Å². The fourth-order valence-corrected chi connectivity index (χ4v) is 0.763. The van der Waals surface area contributed by atoms with E-state index in [4.69, 9.17) is 21.1 Å². The molecule has 0 aliphatic heterocycles. The molecule has 6 nitrogen and oxygen atoms in total. The lowest BCUT2D eigenvalue weighted by molar-refractivity contribution is 0.230. The minimum absolute atomic E-state index is 0.313. The average molecular weight is 190 g/mol. The van der Waals surface area contributed by atoms with Crippen molar-refractivity contribution >= 4 is 6.03 Å². The number of urea groups is 1. The van der Waals surface area contributed by atoms with Gasteiger partial charge < -0.3 is 26.4 Å². The number of aliphatic hydroxyl groups excluding tert-OH is 3. The molecule has 13 heavy (non-hydrogen) atoms. The van der Waals surface area contributed by atoms with Crippen LogP contribution in [-0.2, 0) is 0 Å². The van der Waals surface area contributed by atoms with Gasteiger partial charge in [-0.3, -0.25) is 0 Å². The third-order valence-electron chi connectivity index (χ3n) is 1.37. The van der Waals surface area contributed by atoms with Gasteiger partial charge in [0, 0.05) is 0 Å². The summed E-state index contributed by atoms with van der Waals surface area (Å²) in [5.41, 5.74) is 5.12. The maximum Gasteiger partial charge on any atom is 0.312 e. The largest absolute Gasteiger partial charge is 0.394 e. The number of hydrogen-bond acceptors (Lipinski definition) is 4. The second-order valence-electron chi connectivity index (χ2n) is 2.44. The highest BCUT2D eigenvalue weighted by atomic mass is 16.3. The number of hydrogen-bond donors (Lipinski definition) is 5. The van der Waals surface area contributed by atoms with E-state index >= 15 is 0 Å². The van der Waals surface area contributed by atoms with Crippen LogP contribution in [0.1, 0.15) is 0 Å². The van der Waals surface area contributed by atoms with E-state index in [1.165, 1.54) is 6.08 Å². The van der Waals surface area contributed by atoms with Crippen LogP contribution < -0.4 is 11.1 Å². The Morgan fingerprint density at radius 3 is 2.23 bits per heavy atom. The SMILES string of the molecule is NC(=O)NC(C=C(CO)CO)CO. The average Bonchev–Trinajstić information content (AvgIpc) is 2.11. The van der Waals surface area contributed by atoms with Gasteiger partial charge in [-0.05, 0) is 5.57 Å². The van der Waals surface area contributed by atoms with E-state index in [-0.39, 0.29) is 19.8 Å². The third kappa shape index (κ3) is 5.18. The summed E-state index contributed by atoms with van der Waals surface area (Å²) >= 11 is 0. The molecule has 1 unspecified atom stereocenters. The van der Waals surface area contributed by atoms with Crippen molar-refractivity contribution in [3.05, 3.63) is 11.6 Å². The highest BCUT2D eigenvalue weighted by Crippen LogP contribution is 1.94. The van der Waals surface area contributed by atoms with E-state index in [1.54, 1.807) is 0 Å². The Balaban J connectivity index is 4.22. The van der Waals surface area contributed by atoms with Crippen molar-refractivity contribution in [2.24, 2.45) is 5.73 Å². The summed E-state index contributed by atoms with van der Waals surface area (Å²) in [4.78, 5) is 10.4. The van der Waals surface area contributed by atoms with Gasteiger partial charge >= 0.3 is 6.03 Å². The number of amides is 2. The molecule has 0 aliphatic rings. The van der Waals surface area contributed by atoms with E-state index in [2.05, 4.69) is 5.32 Å². The number of nitrogens with two attached hydrogens (primary N) is 1. The second kappa shape index (κ2) is 6.41. The molecule has 0 heterocycles. The van der Waals surface area contributed by atoms with Crippen molar-refractivity contribution in [3.63, 3.8) is 0 Å². The highest BCUT2D eigenvalue weighted by Gasteiger charge is 2.06. The molecule has 6 heteroatoms. The van der Waals surface area contributed by atoms with Crippen molar-refractivity contribution in [2.75, 3.05) is 19.8 Å². The van der Waals surface area contributed by atoms with Crippen LogP contribution in [0.25, 0.3) is 0 Å². The number of carbonyl (C=O) groups is 1. The quantitative estimate of drug-likeness (QED) is 0.320. The lowest BCUT2D eigenvalue weighted by atomic mass is 10.2. The maximum absolute atomic E-state index is 10.4. The Bertz CT molecular complexity index is 187. The minimum Gasteiger partial charge on any atom is -0.394 e. The van der Waals surface area contributed by atoms with Crippen LogP contribution >= 0.6 is 0 Å². The number of carbonyl (C=O) groups excluding carboxylic acids is 1. The van der Waals surface area contributed by atoms with E-state index in [0.29, 0.717) is 5.57 Å². The summed E-state index contributed by atoms with van der Waals surface area (Å²) in [5.74, 6) is 0. The number of aliphatic hydroxyl groups is 3. The summed E-state index contributed by atoms with van der Waals surface area (Å²) in [6, 6.07) is -1.45. The molecular formula is C7H14N2O4. The first-order valence-corrected chi connectivity index (χ1v) is 3.72. The molecule has 0 radical (unpaired) electrons. The van der Waals surface area contributed by atoms with Gasteiger partial charge in [0.05, 0.1) is 25.9 Å². The summed E-state index contributed by atoms with van der Waals surface area (Å²) in [6.07, 6.45) is 1.35. The Morgan fingerprint density at radius 2 is 1.92 bits per heavy atom. The minimum atomic E-state index is -0.773. The first-order chi connectivity index (χ1) is 6.13. The maximum atomic E-state index is 10.4. The molecule has 0 spiro atoms. The topological polar surface area (TPSA) is 116 Å². The van der Waals surface area contributed by atoms with Crippen LogP contribution in [0.5, 0.6) is 0 Å². The zero-order valence-corrected chi connectivity index (χ0v) is 7.10. The van der Waals surface area contributed by atoms with Crippen LogP contribution in [0.4, 0.5) is 4.79 Å². The molecule has 6 N–H and O–H groups in total. The van der Waals surface area contributed by atoms with E-state index < -0.39 is 12.1 Å². The standard InChI is InChI=1S/C7H14N2O4/c8-7(13)9-6(4-12)1-5(2-10)3-11/h1,6,10-12H,2-4H2,(H3,8,9,13). The molecule has 0 aromatic rings. The Kier molecular flexibility index (Phi) is 5.86. The molecular weight excluding hydrogens is 176 g/mol. The first-order valence-electron chi connectivity index (χ1n) is 3.72. The molecule has 0 aliphatic carbocycles. The smallest absolute Gasteiger partial charge is 0.312 e. The number of nitrogens with one attached hydrogen (secondary N) is 1. The van der Waals surface area contributed by atoms with Gasteiger partial charge in [-0.25, -0.2) is 4.79 Å². The number of rotatable bonds is 5. The predicted octanol–water partition coefficient (Wildman–Crippen LogP) is -2.07.